The zero-order valence-electron chi connectivity index (χ0n) is 15.8. The number of nitriles is 1. The summed E-state index contributed by atoms with van der Waals surface area (Å²) in [5.41, 5.74) is 0.998. The minimum atomic E-state index is -0.528. The van der Waals surface area contributed by atoms with Crippen LogP contribution in [-0.2, 0) is 4.74 Å². The van der Waals surface area contributed by atoms with Crippen LogP contribution >= 0.6 is 11.6 Å². The quantitative estimate of drug-likeness (QED) is 0.757. The van der Waals surface area contributed by atoms with Gasteiger partial charge in [0.05, 0.1) is 30.8 Å². The fourth-order valence-corrected chi connectivity index (χ4v) is 4.13. The molecule has 1 unspecified atom stereocenters. The molecule has 0 radical (unpaired) electrons. The number of furan rings is 1. The van der Waals surface area contributed by atoms with E-state index in [0.717, 1.165) is 5.56 Å². The Morgan fingerprint density at radius 1 is 1.28 bits per heavy atom. The lowest BCUT2D eigenvalue weighted by Gasteiger charge is -2.15. The summed E-state index contributed by atoms with van der Waals surface area (Å²) < 4.78 is 11.2. The summed E-state index contributed by atoms with van der Waals surface area (Å²) in [5, 5.41) is 15.4. The van der Waals surface area contributed by atoms with Crippen LogP contribution < -0.4 is 10.6 Å². The molecule has 8 heteroatoms. The maximum Gasteiger partial charge on any atom is 0.286 e. The molecule has 1 aliphatic heterocycles. The van der Waals surface area contributed by atoms with E-state index in [2.05, 4.69) is 16.7 Å². The third kappa shape index (κ3) is 3.74. The smallest absolute Gasteiger partial charge is 0.286 e. The van der Waals surface area contributed by atoms with Gasteiger partial charge >= 0.3 is 0 Å². The van der Waals surface area contributed by atoms with Crippen molar-refractivity contribution >= 4 is 23.4 Å². The summed E-state index contributed by atoms with van der Waals surface area (Å²) >= 11 is 6.12. The number of amides is 2. The average Bonchev–Trinajstić information content (AvgIpc) is 3.10. The van der Waals surface area contributed by atoms with Crippen molar-refractivity contribution in [1.29, 1.82) is 5.26 Å². The van der Waals surface area contributed by atoms with E-state index >= 15 is 0 Å². The second-order valence-electron chi connectivity index (χ2n) is 7.30. The second kappa shape index (κ2) is 7.90. The van der Waals surface area contributed by atoms with Gasteiger partial charge < -0.3 is 19.8 Å². The first-order valence-electron chi connectivity index (χ1n) is 9.40. The van der Waals surface area contributed by atoms with Crippen LogP contribution in [0.15, 0.2) is 34.7 Å². The third-order valence-corrected chi connectivity index (χ3v) is 5.80. The number of hydrogen-bond acceptors (Lipinski definition) is 5. The Bertz CT molecular complexity index is 986. The van der Waals surface area contributed by atoms with E-state index in [0.29, 0.717) is 30.1 Å². The number of carbonyl (C=O) groups excluding carboxylic acids is 2. The molecule has 2 aromatic rings. The molecule has 0 spiro atoms. The van der Waals surface area contributed by atoms with Crippen LogP contribution in [0.2, 0.25) is 5.02 Å². The second-order valence-corrected chi connectivity index (χ2v) is 7.74. The highest BCUT2D eigenvalue weighted by Gasteiger charge is 2.55. The largest absolute Gasteiger partial charge is 0.454 e. The van der Waals surface area contributed by atoms with Crippen molar-refractivity contribution < 1.29 is 18.7 Å². The molecule has 1 saturated carbocycles. The fourth-order valence-electron chi connectivity index (χ4n) is 3.94. The Kier molecular flexibility index (Phi) is 5.31. The lowest BCUT2D eigenvalue weighted by Crippen LogP contribution is -2.30. The summed E-state index contributed by atoms with van der Waals surface area (Å²) in [4.78, 5) is 25.2. The highest BCUT2D eigenvalue weighted by atomic mass is 35.5. The Morgan fingerprint density at radius 3 is 2.69 bits per heavy atom. The molecule has 2 aliphatic rings. The van der Waals surface area contributed by atoms with Crippen LogP contribution in [0.3, 0.4) is 0 Å². The van der Waals surface area contributed by atoms with Gasteiger partial charge in [0.25, 0.3) is 11.8 Å². The van der Waals surface area contributed by atoms with E-state index in [1.54, 1.807) is 18.2 Å². The molecule has 2 N–H and O–H groups in total. The van der Waals surface area contributed by atoms with Crippen LogP contribution in [-0.4, -0.2) is 38.1 Å². The number of rotatable bonds is 6. The highest BCUT2D eigenvalue weighted by Crippen LogP contribution is 2.44. The minimum Gasteiger partial charge on any atom is -0.454 e. The van der Waals surface area contributed by atoms with Crippen molar-refractivity contribution in [2.24, 2.45) is 11.8 Å². The van der Waals surface area contributed by atoms with Gasteiger partial charge in [-0.05, 0) is 17.7 Å². The molecular weight excluding hydrogens is 394 g/mol. The molecule has 0 bridgehead atoms. The maximum absolute atomic E-state index is 13.0. The molecule has 1 aromatic carbocycles. The molecule has 2 fully saturated rings. The Labute approximate surface area is 173 Å². The molecule has 2 heterocycles. The van der Waals surface area contributed by atoms with Crippen molar-refractivity contribution in [3.63, 3.8) is 0 Å². The first-order valence-corrected chi connectivity index (χ1v) is 9.78. The van der Waals surface area contributed by atoms with Gasteiger partial charge in [0.15, 0.2) is 5.76 Å². The van der Waals surface area contributed by atoms with Crippen molar-refractivity contribution in [3.05, 3.63) is 58.0 Å². The van der Waals surface area contributed by atoms with Crippen LogP contribution in [0.4, 0.5) is 0 Å². The van der Waals surface area contributed by atoms with Crippen LogP contribution in [0, 0.1) is 23.2 Å². The first kappa shape index (κ1) is 19.5. The molecule has 1 aromatic heterocycles. The number of ether oxygens (including phenoxy) is 1. The number of nitrogens with one attached hydrogen (secondary N) is 2. The minimum absolute atomic E-state index is 0.0249. The summed E-state index contributed by atoms with van der Waals surface area (Å²) in [5.74, 6) is -0.290. The van der Waals surface area contributed by atoms with Crippen molar-refractivity contribution in [1.82, 2.24) is 10.6 Å². The Hall–Kier alpha value is -2.82. The summed E-state index contributed by atoms with van der Waals surface area (Å²) in [6.07, 6.45) is 0.0733. The molecule has 7 nitrogen and oxygen atoms in total. The molecule has 4 rings (SSSR count). The zero-order valence-corrected chi connectivity index (χ0v) is 16.5. The monoisotopic (exact) mass is 413 g/mol. The van der Waals surface area contributed by atoms with Gasteiger partial charge in [-0.3, -0.25) is 9.59 Å². The number of benzene rings is 1. The maximum atomic E-state index is 13.0. The van der Waals surface area contributed by atoms with E-state index in [1.165, 1.54) is 13.1 Å². The van der Waals surface area contributed by atoms with E-state index in [9.17, 15) is 14.9 Å². The van der Waals surface area contributed by atoms with Crippen LogP contribution in [0.5, 0.6) is 0 Å². The molecular formula is C21H20ClN3O4. The highest BCUT2D eigenvalue weighted by molar-refractivity contribution is 6.30. The van der Waals surface area contributed by atoms with Crippen molar-refractivity contribution in [2.75, 3.05) is 20.3 Å². The SMILES string of the molecule is CNC(=O)c1cc(C(=O)NC2[C@H]3COC[C@@H]23)c([C@H](CC#N)c2cccc(Cl)c2)o1. The number of fused-ring (bicyclic) bond motifs is 1. The standard InChI is InChI=1S/C21H20ClN3O4/c1-24-21(27)17-8-14(20(26)25-18-15-9-28-10-16(15)18)19(29-17)13(5-6-23)11-3-2-4-12(22)7-11/h2-4,7-8,13,15-16,18H,5,9-10H2,1H3,(H,24,27)(H,25,26)/t13-,15-,16+,18?/m1/s1. The van der Waals surface area contributed by atoms with Crippen molar-refractivity contribution in [3.8, 4) is 6.07 Å². The van der Waals surface area contributed by atoms with Gasteiger partial charge in [0.2, 0.25) is 0 Å². The van der Waals surface area contributed by atoms with Gasteiger partial charge in [-0.2, -0.15) is 5.26 Å². The number of carbonyl (C=O) groups is 2. The topological polar surface area (TPSA) is 104 Å². The summed E-state index contributed by atoms with van der Waals surface area (Å²) in [7, 11) is 1.49. The van der Waals surface area contributed by atoms with Crippen LogP contribution in [0.1, 0.15) is 44.6 Å². The summed E-state index contributed by atoms with van der Waals surface area (Å²) in [6.45, 7) is 1.30. The Morgan fingerprint density at radius 2 is 2.03 bits per heavy atom. The molecule has 1 aliphatic carbocycles. The summed E-state index contributed by atoms with van der Waals surface area (Å²) in [6, 6.07) is 10.7. The van der Waals surface area contributed by atoms with Crippen molar-refractivity contribution in [2.45, 2.75) is 18.4 Å². The predicted octanol–water partition coefficient (Wildman–Crippen LogP) is 2.71. The molecule has 2 amide bonds. The lowest BCUT2D eigenvalue weighted by atomic mass is 9.91. The number of halogens is 1. The van der Waals surface area contributed by atoms with E-state index in [-0.39, 0.29) is 35.5 Å². The van der Waals surface area contributed by atoms with E-state index in [1.807, 2.05) is 6.07 Å². The normalized spacial score (nSPS) is 23.0. The van der Waals surface area contributed by atoms with Gasteiger partial charge in [-0.1, -0.05) is 23.7 Å². The average molecular weight is 414 g/mol. The van der Waals surface area contributed by atoms with Gasteiger partial charge in [0.1, 0.15) is 5.76 Å². The van der Waals surface area contributed by atoms with Gasteiger partial charge in [-0.25, -0.2) is 0 Å². The lowest BCUT2D eigenvalue weighted by molar-refractivity contribution is 0.0919. The predicted molar refractivity (Wildman–Crippen MR) is 105 cm³/mol. The van der Waals surface area contributed by atoms with Gasteiger partial charge in [-0.15, -0.1) is 0 Å². The number of nitrogens with zero attached hydrogens (tertiary/aromatic N) is 1. The van der Waals surface area contributed by atoms with Gasteiger partial charge in [0, 0.05) is 42.4 Å². The zero-order chi connectivity index (χ0) is 20.5. The van der Waals surface area contributed by atoms with E-state index < -0.39 is 11.8 Å². The molecule has 29 heavy (non-hydrogen) atoms. The van der Waals surface area contributed by atoms with Crippen LogP contribution in [0.25, 0.3) is 0 Å². The third-order valence-electron chi connectivity index (χ3n) is 5.57. The Balaban J connectivity index is 1.69. The number of hydrogen-bond donors (Lipinski definition) is 2. The molecule has 1 saturated heterocycles. The fraction of sp³-hybridized carbons (Fsp3) is 0.381. The molecule has 150 valence electrons. The first-order chi connectivity index (χ1) is 14.0. The molecule has 4 atom stereocenters. The van der Waals surface area contributed by atoms with E-state index in [4.69, 9.17) is 20.8 Å².